The summed E-state index contributed by atoms with van der Waals surface area (Å²) in [5, 5.41) is 0. The second-order valence-electron chi connectivity index (χ2n) is 5.39. The van der Waals surface area contributed by atoms with E-state index in [0.29, 0.717) is 0 Å². The molecule has 0 aliphatic heterocycles. The molecule has 0 aliphatic carbocycles. The molecule has 0 aromatic heterocycles. The van der Waals surface area contributed by atoms with E-state index in [1.165, 1.54) is 70.6 Å². The lowest BCUT2D eigenvalue weighted by atomic mass is 9.95. The molecule has 0 saturated heterocycles. The monoisotopic (exact) mass is 238 g/mol. The van der Waals surface area contributed by atoms with Gasteiger partial charge in [-0.25, -0.2) is 0 Å². The first kappa shape index (κ1) is 17.0. The molecule has 0 aliphatic rings. The molecule has 0 aromatic rings. The van der Waals surface area contributed by atoms with Crippen LogP contribution in [0.4, 0.5) is 0 Å². The Balaban J connectivity index is 3.03. The predicted octanol–water partition coefficient (Wildman–Crippen LogP) is 6.36. The van der Waals surface area contributed by atoms with E-state index in [1.807, 2.05) is 0 Å². The average molecular weight is 238 g/mol. The van der Waals surface area contributed by atoms with E-state index in [9.17, 15) is 0 Å². The molecule has 0 saturated carbocycles. The maximum absolute atomic E-state index is 4.02. The first-order valence-electron chi connectivity index (χ1n) is 7.93. The van der Waals surface area contributed by atoms with Gasteiger partial charge < -0.3 is 0 Å². The Hall–Kier alpha value is 0. The van der Waals surface area contributed by atoms with Crippen LogP contribution in [0.15, 0.2) is 0 Å². The molecule has 0 N–H and O–H groups in total. The van der Waals surface area contributed by atoms with Gasteiger partial charge in [-0.05, 0) is 5.92 Å². The fraction of sp³-hybridized carbons (Fsp3) is 0.882. The summed E-state index contributed by atoms with van der Waals surface area (Å²) in [5.41, 5.74) is 0. The molecule has 0 aromatic carbocycles. The summed E-state index contributed by atoms with van der Waals surface area (Å²) in [4.78, 5) is 0. The van der Waals surface area contributed by atoms with Gasteiger partial charge in [0.1, 0.15) is 0 Å². The smallest absolute Gasteiger partial charge is 0.0417 e. The summed E-state index contributed by atoms with van der Waals surface area (Å²) < 4.78 is 0. The lowest BCUT2D eigenvalue weighted by molar-refractivity contribution is 0.440. The van der Waals surface area contributed by atoms with Crippen LogP contribution in [0.25, 0.3) is 0 Å². The van der Waals surface area contributed by atoms with Crippen LogP contribution in [-0.4, -0.2) is 0 Å². The fourth-order valence-electron chi connectivity index (χ4n) is 2.40. The highest BCUT2D eigenvalue weighted by atomic mass is 14.1. The minimum absolute atomic E-state index is 0.887. The number of hydrogen-bond acceptors (Lipinski definition) is 0. The Kier molecular flexibility index (Phi) is 14.1. The van der Waals surface area contributed by atoms with Crippen LogP contribution in [0.5, 0.6) is 0 Å². The number of rotatable bonds is 13. The van der Waals surface area contributed by atoms with Gasteiger partial charge in [-0.2, -0.15) is 0 Å². The number of hydrogen-bond donors (Lipinski definition) is 0. The van der Waals surface area contributed by atoms with Gasteiger partial charge in [0.2, 0.25) is 0 Å². The van der Waals surface area contributed by atoms with Gasteiger partial charge in [0.25, 0.3) is 0 Å². The van der Waals surface area contributed by atoms with E-state index in [4.69, 9.17) is 0 Å². The Morgan fingerprint density at radius 3 is 1.59 bits per heavy atom. The molecule has 17 heavy (non-hydrogen) atoms. The lowest BCUT2D eigenvalue weighted by Gasteiger charge is -2.11. The molecule has 0 heterocycles. The first-order valence-corrected chi connectivity index (χ1v) is 7.93. The topological polar surface area (TPSA) is 0 Å². The van der Waals surface area contributed by atoms with Crippen LogP contribution in [0.3, 0.4) is 0 Å². The molecule has 0 amide bonds. The van der Waals surface area contributed by atoms with Gasteiger partial charge in [0.05, 0.1) is 0 Å². The normalized spacial score (nSPS) is 11.3. The molecular weight excluding hydrogens is 204 g/mol. The summed E-state index contributed by atoms with van der Waals surface area (Å²) in [5.74, 6) is 0.887. The highest BCUT2D eigenvalue weighted by molar-refractivity contribution is 4.59. The minimum Gasteiger partial charge on any atom is -0.0651 e. The Morgan fingerprint density at radius 1 is 0.706 bits per heavy atom. The first-order chi connectivity index (χ1) is 8.35. The zero-order valence-electron chi connectivity index (χ0n) is 12.2. The summed E-state index contributed by atoms with van der Waals surface area (Å²) in [7, 11) is 0. The van der Waals surface area contributed by atoms with Crippen LogP contribution >= 0.6 is 0 Å². The van der Waals surface area contributed by atoms with Crippen molar-refractivity contribution in [1.82, 2.24) is 0 Å². The highest BCUT2D eigenvalue weighted by Gasteiger charge is 2.02. The van der Waals surface area contributed by atoms with Gasteiger partial charge >= 0.3 is 0 Å². The van der Waals surface area contributed by atoms with Gasteiger partial charge in [-0.15, -0.1) is 0 Å². The van der Waals surface area contributed by atoms with Gasteiger partial charge in [-0.3, -0.25) is 0 Å². The molecule has 0 nitrogen and oxygen atoms in total. The molecule has 0 spiro atoms. The van der Waals surface area contributed by atoms with Crippen LogP contribution in [0, 0.1) is 19.8 Å². The minimum atomic E-state index is 0.887. The zero-order chi connectivity index (χ0) is 12.8. The SMILES string of the molecule is [CH2]CCCCCCCCCCCC(C[CH2])CC. The van der Waals surface area contributed by atoms with Gasteiger partial charge in [0, 0.05) is 0 Å². The standard InChI is InChI=1S/C17H34/c1-4-7-8-9-10-11-12-13-14-15-16-17(5-2)6-3/h17H,1-2,4-16H2,3H3. The maximum atomic E-state index is 4.02. The molecule has 1 atom stereocenters. The quantitative estimate of drug-likeness (QED) is 0.327. The van der Waals surface area contributed by atoms with E-state index >= 15 is 0 Å². The second kappa shape index (κ2) is 14.1. The molecule has 0 bridgehead atoms. The largest absolute Gasteiger partial charge is 0.0651 e. The summed E-state index contributed by atoms with van der Waals surface area (Å²) in [6, 6.07) is 0. The Bertz CT molecular complexity index is 124. The van der Waals surface area contributed by atoms with Crippen LogP contribution in [0.2, 0.25) is 0 Å². The van der Waals surface area contributed by atoms with Crippen LogP contribution < -0.4 is 0 Å². The van der Waals surface area contributed by atoms with Crippen molar-refractivity contribution in [2.75, 3.05) is 0 Å². The van der Waals surface area contributed by atoms with Crippen LogP contribution in [0.1, 0.15) is 90.4 Å². The van der Waals surface area contributed by atoms with Crippen molar-refractivity contribution in [1.29, 1.82) is 0 Å². The van der Waals surface area contributed by atoms with E-state index in [-0.39, 0.29) is 0 Å². The third kappa shape index (κ3) is 12.2. The average Bonchev–Trinajstić information content (AvgIpc) is 2.36. The van der Waals surface area contributed by atoms with Gasteiger partial charge in [0.15, 0.2) is 0 Å². The zero-order valence-corrected chi connectivity index (χ0v) is 12.2. The van der Waals surface area contributed by atoms with Crippen molar-refractivity contribution in [2.45, 2.75) is 90.4 Å². The summed E-state index contributed by atoms with van der Waals surface area (Å²) in [6.45, 7) is 10.2. The predicted molar refractivity (Wildman–Crippen MR) is 79.9 cm³/mol. The molecule has 2 radical (unpaired) electrons. The molecule has 0 heteroatoms. The van der Waals surface area contributed by atoms with Crippen molar-refractivity contribution in [3.8, 4) is 0 Å². The highest BCUT2D eigenvalue weighted by Crippen LogP contribution is 2.17. The van der Waals surface area contributed by atoms with Gasteiger partial charge in [-0.1, -0.05) is 104 Å². The van der Waals surface area contributed by atoms with Crippen molar-refractivity contribution in [2.24, 2.45) is 5.92 Å². The Labute approximate surface area is 111 Å². The Morgan fingerprint density at radius 2 is 1.18 bits per heavy atom. The maximum Gasteiger partial charge on any atom is -0.0417 e. The second-order valence-corrected chi connectivity index (χ2v) is 5.39. The third-order valence-corrected chi connectivity index (χ3v) is 3.85. The summed E-state index contributed by atoms with van der Waals surface area (Å²) >= 11 is 0. The lowest BCUT2D eigenvalue weighted by Crippen LogP contribution is -1.96. The third-order valence-electron chi connectivity index (χ3n) is 3.85. The number of unbranched alkanes of at least 4 members (excludes halogenated alkanes) is 9. The molecule has 0 fully saturated rings. The van der Waals surface area contributed by atoms with E-state index in [0.717, 1.165) is 18.8 Å². The fourth-order valence-corrected chi connectivity index (χ4v) is 2.40. The molecular formula is C17H34. The van der Waals surface area contributed by atoms with Crippen molar-refractivity contribution >= 4 is 0 Å². The van der Waals surface area contributed by atoms with Crippen molar-refractivity contribution < 1.29 is 0 Å². The van der Waals surface area contributed by atoms with Crippen LogP contribution in [-0.2, 0) is 0 Å². The molecule has 102 valence electrons. The molecule has 0 rings (SSSR count). The molecule has 1 unspecified atom stereocenters. The van der Waals surface area contributed by atoms with Crippen molar-refractivity contribution in [3.63, 3.8) is 0 Å². The van der Waals surface area contributed by atoms with E-state index in [2.05, 4.69) is 20.8 Å². The van der Waals surface area contributed by atoms with Crippen molar-refractivity contribution in [3.05, 3.63) is 13.8 Å². The van der Waals surface area contributed by atoms with E-state index in [1.54, 1.807) is 0 Å². The van der Waals surface area contributed by atoms with E-state index < -0.39 is 0 Å². The summed E-state index contributed by atoms with van der Waals surface area (Å²) in [6.07, 6.45) is 17.8.